The topological polar surface area (TPSA) is 68.3 Å². The summed E-state index contributed by atoms with van der Waals surface area (Å²) in [6.07, 6.45) is -2.67. The fourth-order valence-corrected chi connectivity index (χ4v) is 3.02. The highest BCUT2D eigenvalue weighted by atomic mass is 19.4. The third kappa shape index (κ3) is 3.47. The van der Waals surface area contributed by atoms with Gasteiger partial charge in [0.2, 0.25) is 0 Å². The van der Waals surface area contributed by atoms with Crippen LogP contribution < -0.4 is 5.32 Å². The molecule has 124 valence electrons. The average Bonchev–Trinajstić information content (AvgIpc) is 2.87. The van der Waals surface area contributed by atoms with Crippen molar-refractivity contribution in [3.63, 3.8) is 0 Å². The Balaban J connectivity index is 1.76. The van der Waals surface area contributed by atoms with Crippen LogP contribution in [0.3, 0.4) is 0 Å². The summed E-state index contributed by atoms with van der Waals surface area (Å²) in [4.78, 5) is 10.5. The second kappa shape index (κ2) is 5.84. The van der Waals surface area contributed by atoms with Crippen molar-refractivity contribution in [3.05, 3.63) is 45.7 Å². The molecule has 2 aliphatic heterocycles. The predicted octanol–water partition coefficient (Wildman–Crippen LogP) is 3.55. The standard InChI is InChI=1S/C15H15F3N2O3/c16-15(17,18)12-7-11-4-10(5-13(11)23-8-12)3-9-1-2-19-14(6-9)20(21)22/h4-5,7-9,14,19H,1-3,6H2. The number of hydrogen-bond acceptors (Lipinski definition) is 4. The molecule has 2 atom stereocenters. The Morgan fingerprint density at radius 2 is 2.13 bits per heavy atom. The van der Waals surface area contributed by atoms with Crippen molar-refractivity contribution in [1.29, 1.82) is 0 Å². The molecule has 23 heavy (non-hydrogen) atoms. The average molecular weight is 328 g/mol. The molecule has 0 bridgehead atoms. The van der Waals surface area contributed by atoms with Gasteiger partial charge in [-0.05, 0) is 42.5 Å². The van der Waals surface area contributed by atoms with E-state index < -0.39 is 17.9 Å². The number of nitro groups is 1. The van der Waals surface area contributed by atoms with E-state index in [4.69, 9.17) is 4.42 Å². The number of fused-ring (bicyclic) bond motifs is 1. The number of halogens is 3. The van der Waals surface area contributed by atoms with E-state index in [2.05, 4.69) is 5.32 Å². The van der Waals surface area contributed by atoms with Crippen LogP contribution in [0.15, 0.2) is 28.9 Å². The summed E-state index contributed by atoms with van der Waals surface area (Å²) in [6.45, 7) is 0.569. The van der Waals surface area contributed by atoms with Crippen LogP contribution in [0.4, 0.5) is 13.2 Å². The molecule has 1 N–H and O–H groups in total. The maximum atomic E-state index is 12.7. The fraction of sp³-hybridized carbons (Fsp3) is 0.467. The number of rotatable bonds is 3. The van der Waals surface area contributed by atoms with Gasteiger partial charge in [-0.1, -0.05) is 0 Å². The summed E-state index contributed by atoms with van der Waals surface area (Å²) in [6, 6.07) is 4.43. The van der Waals surface area contributed by atoms with E-state index >= 15 is 0 Å². The molecular weight excluding hydrogens is 313 g/mol. The first-order valence-electron chi connectivity index (χ1n) is 7.28. The lowest BCUT2D eigenvalue weighted by molar-refractivity contribution is -0.533. The normalized spacial score (nSPS) is 22.4. The lowest BCUT2D eigenvalue weighted by Crippen LogP contribution is -2.43. The molecule has 0 amide bonds. The van der Waals surface area contributed by atoms with E-state index in [-0.39, 0.29) is 10.8 Å². The van der Waals surface area contributed by atoms with E-state index in [0.29, 0.717) is 37.0 Å². The minimum absolute atomic E-state index is 0.130. The molecule has 2 heterocycles. The highest BCUT2D eigenvalue weighted by Crippen LogP contribution is 2.36. The van der Waals surface area contributed by atoms with Gasteiger partial charge in [-0.3, -0.25) is 15.4 Å². The first-order valence-corrected chi connectivity index (χ1v) is 7.28. The Morgan fingerprint density at radius 1 is 1.35 bits per heavy atom. The summed E-state index contributed by atoms with van der Waals surface area (Å²) in [5, 5.41) is 13.7. The van der Waals surface area contributed by atoms with Crippen molar-refractivity contribution < 1.29 is 22.5 Å². The molecule has 0 radical (unpaired) electrons. The lowest BCUT2D eigenvalue weighted by Gasteiger charge is -2.24. The molecule has 3 rings (SSSR count). The quantitative estimate of drug-likeness (QED) is 0.691. The fourth-order valence-electron chi connectivity index (χ4n) is 3.02. The van der Waals surface area contributed by atoms with Gasteiger partial charge in [0.25, 0.3) is 6.17 Å². The van der Waals surface area contributed by atoms with Gasteiger partial charge in [0, 0.05) is 23.5 Å². The maximum absolute atomic E-state index is 12.7. The highest BCUT2D eigenvalue weighted by Gasteiger charge is 2.33. The van der Waals surface area contributed by atoms with Crippen molar-refractivity contribution in [2.45, 2.75) is 31.6 Å². The highest BCUT2D eigenvalue weighted by molar-refractivity contribution is 5.63. The Kier molecular flexibility index (Phi) is 4.01. The van der Waals surface area contributed by atoms with Gasteiger partial charge in [0.1, 0.15) is 12.0 Å². The maximum Gasteiger partial charge on any atom is 0.419 e. The molecular formula is C15H15F3N2O3. The number of hydrogen-bond donors (Lipinski definition) is 1. The molecule has 0 saturated carbocycles. The summed E-state index contributed by atoms with van der Waals surface area (Å²) >= 11 is 0. The number of nitrogens with zero attached hydrogens (tertiary/aromatic N) is 1. The molecule has 0 aromatic rings. The van der Waals surface area contributed by atoms with Crippen molar-refractivity contribution in [3.8, 4) is 11.3 Å². The van der Waals surface area contributed by atoms with Gasteiger partial charge in [0.15, 0.2) is 0 Å². The Bertz CT molecular complexity index is 683. The number of piperidine rings is 1. The third-order valence-electron chi connectivity index (χ3n) is 4.16. The van der Waals surface area contributed by atoms with Crippen LogP contribution in [0.25, 0.3) is 11.3 Å². The zero-order valence-corrected chi connectivity index (χ0v) is 12.1. The Hall–Kier alpha value is -2.09. The van der Waals surface area contributed by atoms with Crippen LogP contribution >= 0.6 is 0 Å². The van der Waals surface area contributed by atoms with Crippen LogP contribution in [-0.2, 0) is 12.6 Å². The summed E-state index contributed by atoms with van der Waals surface area (Å²) in [7, 11) is 0. The molecule has 8 heteroatoms. The predicted molar refractivity (Wildman–Crippen MR) is 75.5 cm³/mol. The summed E-state index contributed by atoms with van der Waals surface area (Å²) in [5.41, 5.74) is 0.420. The van der Waals surface area contributed by atoms with E-state index in [1.807, 2.05) is 0 Å². The van der Waals surface area contributed by atoms with Gasteiger partial charge >= 0.3 is 6.18 Å². The zero-order chi connectivity index (χ0) is 16.6. The van der Waals surface area contributed by atoms with Crippen LogP contribution in [0.1, 0.15) is 24.0 Å². The van der Waals surface area contributed by atoms with Gasteiger partial charge < -0.3 is 4.42 Å². The molecule has 5 nitrogen and oxygen atoms in total. The molecule has 0 spiro atoms. The minimum atomic E-state index is -4.44. The van der Waals surface area contributed by atoms with Gasteiger partial charge in [-0.2, -0.15) is 13.2 Å². The zero-order valence-electron chi connectivity index (χ0n) is 12.1. The third-order valence-corrected chi connectivity index (χ3v) is 4.16. The largest absolute Gasteiger partial charge is 0.464 e. The van der Waals surface area contributed by atoms with Crippen molar-refractivity contribution >= 4 is 0 Å². The molecule has 1 saturated heterocycles. The minimum Gasteiger partial charge on any atom is -0.464 e. The van der Waals surface area contributed by atoms with Crippen molar-refractivity contribution in [2.24, 2.45) is 5.92 Å². The number of nitrogens with one attached hydrogen (secondary N) is 1. The van der Waals surface area contributed by atoms with Crippen LogP contribution in [0, 0.1) is 16.0 Å². The van der Waals surface area contributed by atoms with E-state index in [1.165, 1.54) is 0 Å². The molecule has 1 aliphatic carbocycles. The van der Waals surface area contributed by atoms with Crippen LogP contribution in [-0.4, -0.2) is 17.6 Å². The SMILES string of the molecule is O=[N+]([O-])C1CC(Cc2cc3cc(C(F)(F)F)coc-3c2)CCN1. The molecule has 2 unspecified atom stereocenters. The van der Waals surface area contributed by atoms with Gasteiger partial charge in [-0.15, -0.1) is 0 Å². The lowest BCUT2D eigenvalue weighted by atomic mass is 9.90. The van der Waals surface area contributed by atoms with E-state index in [1.54, 1.807) is 12.1 Å². The van der Waals surface area contributed by atoms with E-state index in [0.717, 1.165) is 18.1 Å². The first-order chi connectivity index (χ1) is 10.8. The number of alkyl halides is 3. The smallest absolute Gasteiger partial charge is 0.419 e. The molecule has 0 aromatic carbocycles. The molecule has 3 aliphatic rings. The Morgan fingerprint density at radius 3 is 2.83 bits per heavy atom. The van der Waals surface area contributed by atoms with Crippen molar-refractivity contribution in [2.75, 3.05) is 6.54 Å². The summed E-state index contributed by atoms with van der Waals surface area (Å²) in [5.74, 6) is 0.526. The molecule has 0 aromatic heterocycles. The van der Waals surface area contributed by atoms with E-state index in [9.17, 15) is 23.3 Å². The van der Waals surface area contributed by atoms with Crippen LogP contribution in [0.2, 0.25) is 0 Å². The summed E-state index contributed by atoms with van der Waals surface area (Å²) < 4.78 is 43.1. The van der Waals surface area contributed by atoms with Gasteiger partial charge in [0.05, 0.1) is 5.56 Å². The second-order valence-corrected chi connectivity index (χ2v) is 5.87. The second-order valence-electron chi connectivity index (χ2n) is 5.87. The van der Waals surface area contributed by atoms with Gasteiger partial charge in [-0.25, -0.2) is 0 Å². The Labute approximate surface area is 130 Å². The first kappa shape index (κ1) is 15.8. The van der Waals surface area contributed by atoms with Crippen LogP contribution in [0.5, 0.6) is 0 Å². The van der Waals surface area contributed by atoms with Crippen molar-refractivity contribution in [1.82, 2.24) is 5.32 Å². The monoisotopic (exact) mass is 328 g/mol. The molecule has 1 fully saturated rings.